The Morgan fingerprint density at radius 2 is 2.50 bits per heavy atom. The summed E-state index contributed by atoms with van der Waals surface area (Å²) in [5.41, 5.74) is 0. The zero-order valence-corrected chi connectivity index (χ0v) is 5.31. The van der Waals surface area contributed by atoms with E-state index in [-0.39, 0.29) is 0 Å². The Labute approximate surface area is 50.1 Å². The number of carbonyl (C=O) groups is 1. The molecule has 46 valence electrons. The molecule has 1 saturated carbocycles. The fraction of sp³-hybridized carbons (Fsp3) is 0.857. The predicted octanol–water partition coefficient (Wildman–Crippen LogP) is 1.77. The van der Waals surface area contributed by atoms with Crippen molar-refractivity contribution in [3.8, 4) is 0 Å². The van der Waals surface area contributed by atoms with E-state index in [9.17, 15) is 4.79 Å². The Hall–Kier alpha value is -0.330. The van der Waals surface area contributed by atoms with Gasteiger partial charge in [-0.3, -0.25) is 4.79 Å². The van der Waals surface area contributed by atoms with Crippen LogP contribution in [0, 0.1) is 5.92 Å². The van der Waals surface area contributed by atoms with E-state index in [1.807, 2.05) is 0 Å². The number of ketones is 1. The molecule has 0 spiro atoms. The Bertz CT molecular complexity index is 96.6. The van der Waals surface area contributed by atoms with Gasteiger partial charge in [0.1, 0.15) is 5.78 Å². The molecule has 0 N–H and O–H groups in total. The van der Waals surface area contributed by atoms with Crippen molar-refractivity contribution in [3.05, 3.63) is 0 Å². The lowest BCUT2D eigenvalue weighted by atomic mass is 10.1. The van der Waals surface area contributed by atoms with Crippen LogP contribution in [0.3, 0.4) is 0 Å². The molecule has 1 aliphatic carbocycles. The zero-order chi connectivity index (χ0) is 5.98. The number of hydrogen-bond donors (Lipinski definition) is 0. The molecule has 1 atom stereocenters. The molecule has 0 unspecified atom stereocenters. The van der Waals surface area contributed by atoms with Crippen LogP contribution in [0.1, 0.15) is 32.6 Å². The van der Waals surface area contributed by atoms with Gasteiger partial charge in [0.05, 0.1) is 0 Å². The normalized spacial score (nSPS) is 29.1. The molecule has 1 aliphatic rings. The fourth-order valence-corrected chi connectivity index (χ4v) is 1.24. The summed E-state index contributed by atoms with van der Waals surface area (Å²) in [6, 6.07) is 0. The molecule has 1 nitrogen and oxygen atoms in total. The van der Waals surface area contributed by atoms with E-state index in [2.05, 4.69) is 6.92 Å². The third-order valence-corrected chi connectivity index (χ3v) is 1.93. The SMILES string of the molecule is CC[C@@H]1CCC(=O)C1. The van der Waals surface area contributed by atoms with Gasteiger partial charge in [-0.15, -0.1) is 0 Å². The average molecular weight is 112 g/mol. The van der Waals surface area contributed by atoms with Crippen molar-refractivity contribution in [1.82, 2.24) is 0 Å². The van der Waals surface area contributed by atoms with Crippen LogP contribution < -0.4 is 0 Å². The maximum Gasteiger partial charge on any atom is 0.133 e. The van der Waals surface area contributed by atoms with E-state index in [4.69, 9.17) is 0 Å². The first kappa shape index (κ1) is 5.80. The maximum absolute atomic E-state index is 10.6. The first-order chi connectivity index (χ1) is 3.83. The molecule has 0 radical (unpaired) electrons. The lowest BCUT2D eigenvalue weighted by molar-refractivity contribution is -0.117. The predicted molar refractivity (Wildman–Crippen MR) is 32.6 cm³/mol. The van der Waals surface area contributed by atoms with Gasteiger partial charge in [-0.05, 0) is 12.3 Å². The van der Waals surface area contributed by atoms with Crippen molar-refractivity contribution in [1.29, 1.82) is 0 Å². The van der Waals surface area contributed by atoms with Crippen LogP contribution in [0.2, 0.25) is 0 Å². The molecule has 1 heteroatoms. The Balaban J connectivity index is 2.32. The highest BCUT2D eigenvalue weighted by molar-refractivity contribution is 5.80. The number of Topliss-reactive ketones (excluding diaryl/α,β-unsaturated/α-hetero) is 1. The van der Waals surface area contributed by atoms with Gasteiger partial charge in [-0.25, -0.2) is 0 Å². The molecule has 8 heavy (non-hydrogen) atoms. The number of rotatable bonds is 1. The fourth-order valence-electron chi connectivity index (χ4n) is 1.24. The lowest BCUT2D eigenvalue weighted by Crippen LogP contribution is -1.91. The molecule has 0 aromatic carbocycles. The Morgan fingerprint density at radius 1 is 1.75 bits per heavy atom. The minimum atomic E-state index is 0.469. The molecule has 1 fully saturated rings. The summed E-state index contributed by atoms with van der Waals surface area (Å²) in [6.45, 7) is 2.16. The zero-order valence-electron chi connectivity index (χ0n) is 5.31. The van der Waals surface area contributed by atoms with Crippen molar-refractivity contribution in [2.24, 2.45) is 5.92 Å². The molecule has 0 bridgehead atoms. The third-order valence-electron chi connectivity index (χ3n) is 1.93. The first-order valence-electron chi connectivity index (χ1n) is 3.34. The molecular weight excluding hydrogens is 100 g/mol. The molecule has 0 aromatic rings. The van der Waals surface area contributed by atoms with Gasteiger partial charge in [-0.1, -0.05) is 13.3 Å². The van der Waals surface area contributed by atoms with E-state index in [0.717, 1.165) is 25.2 Å². The van der Waals surface area contributed by atoms with Crippen LogP contribution in [0.15, 0.2) is 0 Å². The number of carbonyl (C=O) groups excluding carboxylic acids is 1. The maximum atomic E-state index is 10.6. The standard InChI is InChI=1S/C7H12O/c1-2-6-3-4-7(8)5-6/h6H,2-5H2,1H3/t6-/m1/s1. The van der Waals surface area contributed by atoms with Crippen LogP contribution in [0.4, 0.5) is 0 Å². The van der Waals surface area contributed by atoms with Gasteiger partial charge in [-0.2, -0.15) is 0 Å². The molecule has 0 saturated heterocycles. The van der Waals surface area contributed by atoms with E-state index in [0.29, 0.717) is 5.78 Å². The van der Waals surface area contributed by atoms with Crippen molar-refractivity contribution in [2.75, 3.05) is 0 Å². The van der Waals surface area contributed by atoms with E-state index < -0.39 is 0 Å². The van der Waals surface area contributed by atoms with Crippen LogP contribution in [-0.4, -0.2) is 5.78 Å². The summed E-state index contributed by atoms with van der Waals surface area (Å²) in [7, 11) is 0. The summed E-state index contributed by atoms with van der Waals surface area (Å²) in [5.74, 6) is 1.19. The van der Waals surface area contributed by atoms with Gasteiger partial charge in [0.2, 0.25) is 0 Å². The highest BCUT2D eigenvalue weighted by Gasteiger charge is 2.19. The largest absolute Gasteiger partial charge is 0.300 e. The summed E-state index contributed by atoms with van der Waals surface area (Å²) < 4.78 is 0. The summed E-state index contributed by atoms with van der Waals surface area (Å²) >= 11 is 0. The highest BCUT2D eigenvalue weighted by atomic mass is 16.1. The second-order valence-electron chi connectivity index (χ2n) is 2.56. The van der Waals surface area contributed by atoms with Gasteiger partial charge >= 0.3 is 0 Å². The summed E-state index contributed by atoms with van der Waals surface area (Å²) in [6.07, 6.45) is 4.04. The van der Waals surface area contributed by atoms with Gasteiger partial charge in [0.15, 0.2) is 0 Å². The molecule has 0 aliphatic heterocycles. The minimum absolute atomic E-state index is 0.469. The van der Waals surface area contributed by atoms with Crippen LogP contribution in [-0.2, 0) is 4.79 Å². The second-order valence-corrected chi connectivity index (χ2v) is 2.56. The average Bonchev–Trinajstić information content (AvgIpc) is 2.14. The summed E-state index contributed by atoms with van der Waals surface area (Å²) in [4.78, 5) is 10.6. The smallest absolute Gasteiger partial charge is 0.133 e. The van der Waals surface area contributed by atoms with Crippen molar-refractivity contribution < 1.29 is 4.79 Å². The van der Waals surface area contributed by atoms with E-state index >= 15 is 0 Å². The van der Waals surface area contributed by atoms with Gasteiger partial charge < -0.3 is 0 Å². The Morgan fingerprint density at radius 3 is 2.75 bits per heavy atom. The highest BCUT2D eigenvalue weighted by Crippen LogP contribution is 2.23. The van der Waals surface area contributed by atoms with Crippen LogP contribution in [0.5, 0.6) is 0 Å². The van der Waals surface area contributed by atoms with E-state index in [1.54, 1.807) is 0 Å². The Kier molecular flexibility index (Phi) is 1.66. The molecule has 0 amide bonds. The lowest BCUT2D eigenvalue weighted by Gasteiger charge is -1.98. The molecular formula is C7H12O. The third kappa shape index (κ3) is 1.09. The van der Waals surface area contributed by atoms with Gasteiger partial charge in [0.25, 0.3) is 0 Å². The molecule has 1 rings (SSSR count). The summed E-state index contributed by atoms with van der Waals surface area (Å²) in [5, 5.41) is 0. The molecule has 0 heterocycles. The monoisotopic (exact) mass is 112 g/mol. The number of hydrogen-bond acceptors (Lipinski definition) is 1. The minimum Gasteiger partial charge on any atom is -0.300 e. The van der Waals surface area contributed by atoms with Crippen LogP contribution >= 0.6 is 0 Å². The van der Waals surface area contributed by atoms with Gasteiger partial charge in [0, 0.05) is 12.8 Å². The van der Waals surface area contributed by atoms with Crippen molar-refractivity contribution >= 4 is 5.78 Å². The van der Waals surface area contributed by atoms with Crippen molar-refractivity contribution in [2.45, 2.75) is 32.6 Å². The second kappa shape index (κ2) is 2.29. The van der Waals surface area contributed by atoms with Crippen LogP contribution in [0.25, 0.3) is 0 Å². The molecule has 0 aromatic heterocycles. The first-order valence-corrected chi connectivity index (χ1v) is 3.34. The van der Waals surface area contributed by atoms with Crippen molar-refractivity contribution in [3.63, 3.8) is 0 Å². The van der Waals surface area contributed by atoms with E-state index in [1.165, 1.54) is 6.42 Å². The topological polar surface area (TPSA) is 17.1 Å². The quantitative estimate of drug-likeness (QED) is 0.505.